The van der Waals surface area contributed by atoms with Crippen molar-refractivity contribution in [1.29, 1.82) is 0 Å². The van der Waals surface area contributed by atoms with E-state index in [1.54, 1.807) is 0 Å². The number of fused-ring (bicyclic) bond motifs is 21. The molecule has 0 aromatic heterocycles. The number of allylic oxidation sites excluding steroid dienone is 16. The second-order valence-electron chi connectivity index (χ2n) is 29.9. The molecular weight excluding hydrogens is 1230 g/mol. The van der Waals surface area contributed by atoms with Crippen LogP contribution in [0.25, 0.3) is 82.4 Å². The van der Waals surface area contributed by atoms with Gasteiger partial charge in [0.15, 0.2) is 5.78 Å². The van der Waals surface area contributed by atoms with Crippen molar-refractivity contribution in [2.45, 2.75) is 74.0 Å². The van der Waals surface area contributed by atoms with Crippen LogP contribution >= 0.6 is 0 Å². The van der Waals surface area contributed by atoms with Crippen molar-refractivity contribution >= 4 is 54.8 Å². The van der Waals surface area contributed by atoms with Gasteiger partial charge in [0.05, 0.1) is 10.8 Å². The van der Waals surface area contributed by atoms with E-state index < -0.39 is 10.8 Å². The van der Waals surface area contributed by atoms with Gasteiger partial charge in [-0.3, -0.25) is 4.79 Å². The minimum absolute atomic E-state index is 0.0358. The largest absolute Gasteiger partial charge is 0.289 e. The molecule has 0 amide bonds. The van der Waals surface area contributed by atoms with E-state index in [1.165, 1.54) is 188 Å². The number of hydrogen-bond donors (Lipinski definition) is 0. The Bertz CT molecular complexity index is 6190. The van der Waals surface area contributed by atoms with E-state index in [0.717, 1.165) is 51.4 Å². The van der Waals surface area contributed by atoms with Crippen molar-refractivity contribution < 1.29 is 4.79 Å². The van der Waals surface area contributed by atoms with Crippen molar-refractivity contribution in [3.63, 3.8) is 0 Å². The molecule has 0 radical (unpaired) electrons. The van der Waals surface area contributed by atoms with Crippen LogP contribution in [0.2, 0.25) is 0 Å². The molecule has 0 saturated heterocycles. The Morgan fingerprint density at radius 3 is 1.55 bits per heavy atom. The summed E-state index contributed by atoms with van der Waals surface area (Å²) in [7, 11) is 0. The van der Waals surface area contributed by atoms with E-state index in [1.807, 2.05) is 0 Å². The topological polar surface area (TPSA) is 17.1 Å². The fraction of sp³-hybridized carbons (Fsp3) is 0.119. The van der Waals surface area contributed by atoms with E-state index in [9.17, 15) is 0 Å². The van der Waals surface area contributed by atoms with Gasteiger partial charge < -0.3 is 0 Å². The average Bonchev–Trinajstić information content (AvgIpc) is 1.51. The Hall–Kier alpha value is -11.8. The predicted octanol–water partition coefficient (Wildman–Crippen LogP) is 23.9. The zero-order valence-corrected chi connectivity index (χ0v) is 56.7. The molecule has 480 valence electrons. The first kappa shape index (κ1) is 58.1. The van der Waals surface area contributed by atoms with Crippen molar-refractivity contribution in [3.05, 3.63) is 432 Å². The molecule has 13 aromatic carbocycles. The smallest absolute Gasteiger partial charge is 0.193 e. The molecule has 0 saturated carbocycles. The van der Waals surface area contributed by atoms with Crippen LogP contribution in [-0.4, -0.2) is 5.78 Å². The van der Waals surface area contributed by atoms with Crippen molar-refractivity contribution in [2.24, 2.45) is 0 Å². The van der Waals surface area contributed by atoms with Gasteiger partial charge in [-0.05, 0) is 251 Å². The molecule has 0 bridgehead atoms. The van der Waals surface area contributed by atoms with Crippen LogP contribution in [0.1, 0.15) is 139 Å². The van der Waals surface area contributed by atoms with Gasteiger partial charge in [0.2, 0.25) is 0 Å². The monoisotopic (exact) mass is 1300 g/mol. The minimum atomic E-state index is -0.622. The van der Waals surface area contributed by atoms with Crippen molar-refractivity contribution in [1.82, 2.24) is 0 Å². The molecule has 1 nitrogen and oxygen atoms in total. The fourth-order valence-corrected chi connectivity index (χ4v) is 20.9. The lowest BCUT2D eigenvalue weighted by Crippen LogP contribution is -2.27. The third-order valence-corrected chi connectivity index (χ3v) is 25.1. The second kappa shape index (κ2) is 22.1. The molecule has 2 spiro atoms. The van der Waals surface area contributed by atoms with E-state index >= 15 is 4.79 Å². The maximum Gasteiger partial charge on any atom is 0.193 e. The van der Waals surface area contributed by atoms with Crippen molar-refractivity contribution in [2.75, 3.05) is 0 Å². The molecule has 13 aromatic rings. The van der Waals surface area contributed by atoms with E-state index in [4.69, 9.17) is 0 Å². The number of carbonyl (C=O) groups excluding carboxylic acids is 1. The third-order valence-electron chi connectivity index (χ3n) is 25.1. The van der Waals surface area contributed by atoms with Gasteiger partial charge in [0.1, 0.15) is 0 Å². The Kier molecular flexibility index (Phi) is 12.6. The highest BCUT2D eigenvalue weighted by Crippen LogP contribution is 2.66. The molecule has 22 rings (SSSR count). The lowest BCUT2D eigenvalue weighted by Gasteiger charge is -2.33. The summed E-state index contributed by atoms with van der Waals surface area (Å²) >= 11 is 0. The Labute approximate surface area is 595 Å². The fourth-order valence-electron chi connectivity index (χ4n) is 20.9. The number of benzene rings is 13. The number of hydrogen-bond acceptors (Lipinski definition) is 1. The first-order valence-corrected chi connectivity index (χ1v) is 37.0. The van der Waals surface area contributed by atoms with Gasteiger partial charge in [-0.2, -0.15) is 0 Å². The quantitative estimate of drug-likeness (QED) is 0.0842. The van der Waals surface area contributed by atoms with Gasteiger partial charge in [0.25, 0.3) is 0 Å². The Balaban J connectivity index is 0.606. The highest BCUT2D eigenvalue weighted by molar-refractivity contribution is 6.24. The summed E-state index contributed by atoms with van der Waals surface area (Å²) in [6.45, 7) is 0. The Morgan fingerprint density at radius 1 is 0.382 bits per heavy atom. The highest BCUT2D eigenvalue weighted by Gasteiger charge is 2.55. The maximum absolute atomic E-state index is 15.8. The summed E-state index contributed by atoms with van der Waals surface area (Å²) in [5.74, 6) is 0.407. The third kappa shape index (κ3) is 8.08. The Morgan fingerprint density at radius 2 is 0.902 bits per heavy atom. The number of rotatable bonds is 8. The standard InChI is InChI=1S/C101H70O/c102-99(69-48-50-80-78-30-6-11-40-90(78)100(94(80)59-69)88-38-9-4-28-76(88)77-29-5-10-39-89(77)100)70-49-51-81-79-31-7-12-41-91(79)101(95(81)60-70)92-42-13-8-32-87(92)98-75(33-19-43-93(98)101)63-46-44-62(45-47-63)72-56-71(61-20-2-1-3-21-61)57-73(58-72)67-26-14-24-65(54-67)66-25-15-27-68(55-66)74-52-53-86-84-35-17-23-64-22-16-34-83(96(64)84)85-37-18-36-82(74)97(85)86/h1-13,16-25,28-32,34-51,54-56,58-60,71,75H,14-15,26-27,33,52-53,57H2. The molecule has 9 aliphatic carbocycles. The summed E-state index contributed by atoms with van der Waals surface area (Å²) in [5.41, 5.74) is 35.8. The van der Waals surface area contributed by atoms with Crippen LogP contribution in [0.15, 0.2) is 349 Å². The second-order valence-corrected chi connectivity index (χ2v) is 29.9. The average molecular weight is 1300 g/mol. The van der Waals surface area contributed by atoms with Crippen LogP contribution in [0.5, 0.6) is 0 Å². The summed E-state index contributed by atoms with van der Waals surface area (Å²) in [4.78, 5) is 15.8. The van der Waals surface area contributed by atoms with Crippen LogP contribution < -0.4 is 5.22 Å². The SMILES string of the molecule is O=C(c1ccc2c(c1)C1(C3=C(c4ccccc41)C(c1ccc(C4=CC(c5ccccc5)CC(C5=CC(C6=CCCC(C7=c8cccc9c8c(c8cccc%10cccc9c%108)CC7)=C6)=CCC5)=C4)cc1)CC=C3)c1ccccc1-2)c1ccc2c(c1)C1(c3ccccc3-c3ccccc31)c1ccccc1-2. The number of carbonyl (C=O) groups is 1. The zero-order valence-electron chi connectivity index (χ0n) is 56.7. The molecule has 3 atom stereocenters. The zero-order chi connectivity index (χ0) is 66.9. The van der Waals surface area contributed by atoms with Gasteiger partial charge in [-0.1, -0.05) is 303 Å². The molecule has 0 N–H and O–H groups in total. The summed E-state index contributed by atoms with van der Waals surface area (Å²) in [5, 5.41) is 9.84. The lowest BCUT2D eigenvalue weighted by atomic mass is 9.68. The van der Waals surface area contributed by atoms with Gasteiger partial charge in [0, 0.05) is 23.0 Å². The molecule has 102 heavy (non-hydrogen) atoms. The molecule has 0 fully saturated rings. The summed E-state index contributed by atoms with van der Waals surface area (Å²) in [6, 6.07) is 99.8. The van der Waals surface area contributed by atoms with Gasteiger partial charge in [-0.25, -0.2) is 0 Å². The molecule has 1 heteroatoms. The number of ketones is 1. The first-order chi connectivity index (χ1) is 50.5. The maximum atomic E-state index is 15.8. The normalized spacial score (nSPS) is 19.7. The van der Waals surface area contributed by atoms with E-state index in [0.29, 0.717) is 11.1 Å². The number of aryl methyl sites for hydroxylation is 1. The molecule has 0 aliphatic heterocycles. The molecule has 3 unspecified atom stereocenters. The van der Waals surface area contributed by atoms with E-state index in [-0.39, 0.29) is 17.6 Å². The van der Waals surface area contributed by atoms with Gasteiger partial charge in [-0.15, -0.1) is 0 Å². The van der Waals surface area contributed by atoms with Crippen LogP contribution in [0.4, 0.5) is 0 Å². The molecular formula is C101H70O. The predicted molar refractivity (Wildman–Crippen MR) is 421 cm³/mol. The van der Waals surface area contributed by atoms with E-state index in [2.05, 4.69) is 316 Å². The minimum Gasteiger partial charge on any atom is -0.289 e. The summed E-state index contributed by atoms with van der Waals surface area (Å²) in [6.07, 6.45) is 28.3. The molecule has 9 aliphatic rings. The van der Waals surface area contributed by atoms with Gasteiger partial charge >= 0.3 is 0 Å². The summed E-state index contributed by atoms with van der Waals surface area (Å²) < 4.78 is 0. The van der Waals surface area contributed by atoms with Crippen molar-refractivity contribution in [3.8, 4) is 33.4 Å². The van der Waals surface area contributed by atoms with Crippen LogP contribution in [0, 0.1) is 0 Å². The molecule has 0 heterocycles. The highest BCUT2D eigenvalue weighted by atomic mass is 16.1. The van der Waals surface area contributed by atoms with Crippen LogP contribution in [0.3, 0.4) is 0 Å². The van der Waals surface area contributed by atoms with Crippen LogP contribution in [-0.2, 0) is 17.3 Å². The lowest BCUT2D eigenvalue weighted by molar-refractivity contribution is 0.103. The first-order valence-electron chi connectivity index (χ1n) is 37.0.